The minimum absolute atomic E-state index is 0.0717. The van der Waals surface area contributed by atoms with Crippen molar-refractivity contribution < 1.29 is 19.1 Å². The highest BCUT2D eigenvalue weighted by Crippen LogP contribution is 2.36. The Balaban J connectivity index is 1.89. The summed E-state index contributed by atoms with van der Waals surface area (Å²) in [6.07, 6.45) is -0.700. The smallest absolute Gasteiger partial charge is 0.270 e. The van der Waals surface area contributed by atoms with Crippen molar-refractivity contribution in [3.63, 3.8) is 0 Å². The molecule has 0 aliphatic carbocycles. The van der Waals surface area contributed by atoms with Gasteiger partial charge >= 0.3 is 0 Å². The van der Waals surface area contributed by atoms with Gasteiger partial charge in [-0.2, -0.15) is 0 Å². The number of hydrogen-bond acceptors (Lipinski definition) is 6. The number of anilines is 3. The summed E-state index contributed by atoms with van der Waals surface area (Å²) in [5.74, 6) is 0.859. The van der Waals surface area contributed by atoms with Gasteiger partial charge in [0.15, 0.2) is 17.7 Å². The van der Waals surface area contributed by atoms with E-state index in [0.29, 0.717) is 17.2 Å². The number of hydrogen-bond donors (Lipinski definition) is 2. The van der Waals surface area contributed by atoms with Gasteiger partial charge in [0.05, 0.1) is 7.11 Å². The van der Waals surface area contributed by atoms with E-state index in [0.717, 1.165) is 0 Å². The number of methoxy groups -OCH3 is 1. The van der Waals surface area contributed by atoms with Crippen molar-refractivity contribution in [3.8, 4) is 11.5 Å². The largest absolute Gasteiger partial charge is 0.497 e. The first kappa shape index (κ1) is 19.5. The molecule has 0 bridgehead atoms. The van der Waals surface area contributed by atoms with Gasteiger partial charge in [-0.15, -0.1) is 0 Å². The van der Waals surface area contributed by atoms with Crippen LogP contribution in [0.25, 0.3) is 0 Å². The van der Waals surface area contributed by atoms with Gasteiger partial charge in [0.1, 0.15) is 17.6 Å². The Kier molecular flexibility index (Phi) is 5.39. The highest BCUT2D eigenvalue weighted by Gasteiger charge is 2.41. The Morgan fingerprint density at radius 2 is 1.89 bits per heavy atom. The van der Waals surface area contributed by atoms with E-state index in [9.17, 15) is 9.59 Å². The quantitative estimate of drug-likeness (QED) is 0.820. The fraction of sp³-hybridized carbons (Fsp3) is 0.350. The molecular formula is C20H24N4O4. The Morgan fingerprint density at radius 3 is 2.50 bits per heavy atom. The minimum atomic E-state index is -0.812. The van der Waals surface area contributed by atoms with Crippen LogP contribution in [0.3, 0.4) is 0 Å². The Morgan fingerprint density at radius 1 is 1.21 bits per heavy atom. The maximum Gasteiger partial charge on any atom is 0.270 e. The van der Waals surface area contributed by atoms with Gasteiger partial charge in [0.2, 0.25) is 5.91 Å². The van der Waals surface area contributed by atoms with Crippen LogP contribution in [0.4, 0.5) is 17.3 Å². The van der Waals surface area contributed by atoms with Crippen LogP contribution in [0.15, 0.2) is 36.4 Å². The zero-order chi connectivity index (χ0) is 20.4. The number of fused-ring (bicyclic) bond motifs is 1. The van der Waals surface area contributed by atoms with Crippen molar-refractivity contribution in [3.05, 3.63) is 36.4 Å². The van der Waals surface area contributed by atoms with Gasteiger partial charge in [0.25, 0.3) is 5.91 Å². The normalized spacial score (nSPS) is 17.0. The molecule has 8 nitrogen and oxygen atoms in total. The standard InChI is InChI=1S/C20H24N4O4/c1-11(2)17-20(26)24(18-15(28-17)9-10-16(21)23-18)12(3)19(25)22-13-5-7-14(27-4)8-6-13/h5-12,17H,1-4H3,(H2,21,23)(H,22,25). The molecular weight excluding hydrogens is 360 g/mol. The van der Waals surface area contributed by atoms with E-state index in [1.165, 1.54) is 4.90 Å². The molecule has 1 aromatic heterocycles. The first-order valence-corrected chi connectivity index (χ1v) is 9.03. The molecule has 2 unspecified atom stereocenters. The molecule has 1 aliphatic heterocycles. The molecule has 0 fully saturated rings. The topological polar surface area (TPSA) is 107 Å². The second-order valence-corrected chi connectivity index (χ2v) is 6.94. The molecule has 2 heterocycles. The van der Waals surface area contributed by atoms with Crippen LogP contribution in [0.2, 0.25) is 0 Å². The van der Waals surface area contributed by atoms with E-state index in [1.54, 1.807) is 50.4 Å². The third-order valence-electron chi connectivity index (χ3n) is 4.55. The number of nitrogens with two attached hydrogens (primary N) is 1. The number of nitrogens with zero attached hydrogens (tertiary/aromatic N) is 2. The first-order chi connectivity index (χ1) is 13.3. The monoisotopic (exact) mass is 384 g/mol. The zero-order valence-electron chi connectivity index (χ0n) is 16.3. The average molecular weight is 384 g/mol. The van der Waals surface area contributed by atoms with Crippen LogP contribution in [-0.4, -0.2) is 36.1 Å². The van der Waals surface area contributed by atoms with Crippen LogP contribution >= 0.6 is 0 Å². The number of nitrogen functional groups attached to an aromatic ring is 1. The summed E-state index contributed by atoms with van der Waals surface area (Å²) in [6, 6.07) is 9.40. The molecule has 1 aliphatic rings. The molecule has 3 rings (SSSR count). The van der Waals surface area contributed by atoms with Crippen LogP contribution in [-0.2, 0) is 9.59 Å². The summed E-state index contributed by atoms with van der Waals surface area (Å²) in [7, 11) is 1.57. The number of nitrogens with one attached hydrogen (secondary N) is 1. The lowest BCUT2D eigenvalue weighted by molar-refractivity contribution is -0.130. The number of pyridine rings is 1. The van der Waals surface area contributed by atoms with Crippen molar-refractivity contribution in [1.82, 2.24) is 4.98 Å². The van der Waals surface area contributed by atoms with Crippen molar-refractivity contribution in [2.75, 3.05) is 23.1 Å². The average Bonchev–Trinajstić information content (AvgIpc) is 2.67. The van der Waals surface area contributed by atoms with E-state index >= 15 is 0 Å². The van der Waals surface area contributed by atoms with Crippen molar-refractivity contribution in [2.45, 2.75) is 32.9 Å². The summed E-state index contributed by atoms with van der Waals surface area (Å²) >= 11 is 0. The summed E-state index contributed by atoms with van der Waals surface area (Å²) in [6.45, 7) is 5.42. The second-order valence-electron chi connectivity index (χ2n) is 6.94. The lowest BCUT2D eigenvalue weighted by Gasteiger charge is -2.37. The number of ether oxygens (including phenoxy) is 2. The molecule has 2 amide bonds. The molecule has 2 atom stereocenters. The maximum atomic E-state index is 13.0. The Bertz CT molecular complexity index is 882. The SMILES string of the molecule is COc1ccc(NC(=O)C(C)N2C(=O)C(C(C)C)Oc3ccc(N)nc32)cc1. The molecule has 8 heteroatoms. The van der Waals surface area contributed by atoms with Crippen LogP contribution in [0, 0.1) is 5.92 Å². The molecule has 148 valence electrons. The van der Waals surface area contributed by atoms with Gasteiger partial charge in [0, 0.05) is 5.69 Å². The molecule has 1 aromatic carbocycles. The predicted octanol–water partition coefficient (Wildman–Crippen LogP) is 2.45. The minimum Gasteiger partial charge on any atom is -0.497 e. The molecule has 0 radical (unpaired) electrons. The number of carbonyl (C=O) groups is 2. The van der Waals surface area contributed by atoms with Gasteiger partial charge in [-0.25, -0.2) is 4.98 Å². The summed E-state index contributed by atoms with van der Waals surface area (Å²) in [5.41, 5.74) is 6.39. The molecule has 2 aromatic rings. The van der Waals surface area contributed by atoms with Crippen LogP contribution in [0.1, 0.15) is 20.8 Å². The number of aromatic nitrogens is 1. The molecule has 3 N–H and O–H groups in total. The van der Waals surface area contributed by atoms with Gasteiger partial charge in [-0.3, -0.25) is 14.5 Å². The third kappa shape index (κ3) is 3.71. The number of rotatable bonds is 5. The van der Waals surface area contributed by atoms with Crippen LogP contribution in [0.5, 0.6) is 11.5 Å². The molecule has 0 saturated carbocycles. The van der Waals surface area contributed by atoms with E-state index < -0.39 is 12.1 Å². The van der Waals surface area contributed by atoms with Crippen molar-refractivity contribution in [2.24, 2.45) is 5.92 Å². The van der Waals surface area contributed by atoms with Crippen LogP contribution < -0.4 is 25.4 Å². The van der Waals surface area contributed by atoms with E-state index in [4.69, 9.17) is 15.2 Å². The van der Waals surface area contributed by atoms with E-state index in [2.05, 4.69) is 10.3 Å². The highest BCUT2D eigenvalue weighted by molar-refractivity contribution is 6.07. The van der Waals surface area contributed by atoms with Gasteiger partial charge < -0.3 is 20.5 Å². The van der Waals surface area contributed by atoms with E-state index in [1.807, 2.05) is 13.8 Å². The van der Waals surface area contributed by atoms with Gasteiger partial charge in [-0.1, -0.05) is 13.8 Å². The second kappa shape index (κ2) is 7.75. The maximum absolute atomic E-state index is 13.0. The highest BCUT2D eigenvalue weighted by atomic mass is 16.5. The number of amides is 2. The zero-order valence-corrected chi connectivity index (χ0v) is 16.3. The fourth-order valence-corrected chi connectivity index (χ4v) is 2.98. The third-order valence-corrected chi connectivity index (χ3v) is 4.55. The predicted molar refractivity (Wildman–Crippen MR) is 106 cm³/mol. The lowest BCUT2D eigenvalue weighted by atomic mass is 10.0. The Labute approximate surface area is 163 Å². The summed E-state index contributed by atoms with van der Waals surface area (Å²) < 4.78 is 10.9. The molecule has 0 saturated heterocycles. The van der Waals surface area contributed by atoms with Crippen molar-refractivity contribution in [1.29, 1.82) is 0 Å². The van der Waals surface area contributed by atoms with Crippen molar-refractivity contribution >= 4 is 29.1 Å². The van der Waals surface area contributed by atoms with Gasteiger partial charge in [-0.05, 0) is 49.2 Å². The lowest BCUT2D eigenvalue weighted by Crippen LogP contribution is -2.55. The van der Waals surface area contributed by atoms with E-state index in [-0.39, 0.29) is 29.4 Å². The molecule has 28 heavy (non-hydrogen) atoms. The number of carbonyl (C=O) groups excluding carboxylic acids is 2. The number of benzene rings is 1. The Hall–Kier alpha value is -3.29. The first-order valence-electron chi connectivity index (χ1n) is 9.03. The summed E-state index contributed by atoms with van der Waals surface area (Å²) in [4.78, 5) is 31.5. The fourth-order valence-electron chi connectivity index (χ4n) is 2.98. The molecule has 0 spiro atoms. The summed E-state index contributed by atoms with van der Waals surface area (Å²) in [5, 5.41) is 2.81.